The van der Waals surface area contributed by atoms with E-state index in [-0.39, 0.29) is 16.9 Å². The highest BCUT2D eigenvalue weighted by atomic mass is 32.1. The van der Waals surface area contributed by atoms with Gasteiger partial charge in [0.25, 0.3) is 5.91 Å². The molecule has 3 N–H and O–H groups in total. The van der Waals surface area contributed by atoms with Crippen molar-refractivity contribution < 1.29 is 19.4 Å². The molecule has 1 aliphatic heterocycles. The summed E-state index contributed by atoms with van der Waals surface area (Å²) in [6.45, 7) is 5.86. The van der Waals surface area contributed by atoms with Crippen LogP contribution < -0.4 is 10.6 Å². The number of ether oxygens (including phenoxy) is 1. The first-order valence-electron chi connectivity index (χ1n) is 10.5. The zero-order valence-electron chi connectivity index (χ0n) is 17.4. The van der Waals surface area contributed by atoms with E-state index in [1.807, 2.05) is 12.1 Å². The molecule has 1 aliphatic carbocycles. The van der Waals surface area contributed by atoms with Crippen LogP contribution in [0.25, 0.3) is 0 Å². The van der Waals surface area contributed by atoms with Crippen LogP contribution in [0.5, 0.6) is 0 Å². The quantitative estimate of drug-likeness (QED) is 0.636. The molecule has 1 amide bonds. The van der Waals surface area contributed by atoms with E-state index in [9.17, 15) is 14.7 Å². The molecule has 4 rings (SSSR count). The van der Waals surface area contributed by atoms with E-state index < -0.39 is 5.97 Å². The number of thiophene rings is 1. The summed E-state index contributed by atoms with van der Waals surface area (Å²) in [6.07, 6.45) is 4.55. The van der Waals surface area contributed by atoms with Gasteiger partial charge in [0, 0.05) is 35.4 Å². The summed E-state index contributed by atoms with van der Waals surface area (Å²) in [5.41, 5.74) is 2.70. The number of rotatable bonds is 5. The Hall–Kier alpha value is -2.38. The van der Waals surface area contributed by atoms with Gasteiger partial charge in [0.2, 0.25) is 0 Å². The van der Waals surface area contributed by atoms with Gasteiger partial charge in [-0.25, -0.2) is 4.79 Å². The molecule has 30 heavy (non-hydrogen) atoms. The number of carbonyl (C=O) groups excluding carboxylic acids is 1. The number of hydrogen-bond acceptors (Lipinski definition) is 5. The number of aromatic carboxylic acids is 1. The van der Waals surface area contributed by atoms with E-state index in [0.717, 1.165) is 61.4 Å². The van der Waals surface area contributed by atoms with Gasteiger partial charge in [-0.05, 0) is 67.3 Å². The van der Waals surface area contributed by atoms with Crippen LogP contribution in [0, 0.1) is 5.41 Å². The van der Waals surface area contributed by atoms with Crippen LogP contribution in [0.15, 0.2) is 24.3 Å². The lowest BCUT2D eigenvalue weighted by Crippen LogP contribution is -2.27. The normalized spacial score (nSPS) is 18.5. The summed E-state index contributed by atoms with van der Waals surface area (Å²) in [7, 11) is 0. The van der Waals surface area contributed by atoms with Gasteiger partial charge in [-0.15, -0.1) is 11.3 Å². The first-order valence-corrected chi connectivity index (χ1v) is 11.3. The van der Waals surface area contributed by atoms with Crippen molar-refractivity contribution in [1.29, 1.82) is 0 Å². The van der Waals surface area contributed by atoms with Crippen molar-refractivity contribution in [2.75, 3.05) is 23.8 Å². The Bertz CT molecular complexity index is 943. The molecule has 2 heterocycles. The molecule has 160 valence electrons. The number of hydrogen-bond donors (Lipinski definition) is 3. The van der Waals surface area contributed by atoms with E-state index in [1.165, 1.54) is 11.3 Å². The lowest BCUT2D eigenvalue weighted by atomic mass is 9.76. The number of carboxylic acids is 1. The number of anilines is 2. The molecule has 1 saturated heterocycles. The number of carbonyl (C=O) groups is 2. The second-order valence-corrected chi connectivity index (χ2v) is 10.0. The minimum absolute atomic E-state index is 0.0762. The average molecular weight is 429 g/mol. The molecule has 2 aliphatic rings. The Morgan fingerprint density at radius 1 is 1.17 bits per heavy atom. The molecular formula is C23H28N2O4S. The predicted octanol–water partition coefficient (Wildman–Crippen LogP) is 4.80. The first-order chi connectivity index (χ1) is 14.3. The summed E-state index contributed by atoms with van der Waals surface area (Å²) < 4.78 is 5.38. The van der Waals surface area contributed by atoms with Crippen molar-refractivity contribution in [3.63, 3.8) is 0 Å². The summed E-state index contributed by atoms with van der Waals surface area (Å²) in [6, 6.07) is 7.72. The van der Waals surface area contributed by atoms with Crippen molar-refractivity contribution in [1.82, 2.24) is 0 Å². The maximum absolute atomic E-state index is 12.8. The molecule has 0 spiro atoms. The Labute approximate surface area is 180 Å². The van der Waals surface area contributed by atoms with E-state index >= 15 is 0 Å². The van der Waals surface area contributed by atoms with Gasteiger partial charge >= 0.3 is 5.97 Å². The molecule has 0 radical (unpaired) electrons. The Balaban J connectivity index is 1.48. The molecule has 0 saturated carbocycles. The van der Waals surface area contributed by atoms with Crippen molar-refractivity contribution >= 4 is 33.9 Å². The van der Waals surface area contributed by atoms with E-state index in [2.05, 4.69) is 24.5 Å². The summed E-state index contributed by atoms with van der Waals surface area (Å²) in [5, 5.41) is 16.6. The van der Waals surface area contributed by atoms with Crippen LogP contribution in [-0.4, -0.2) is 36.2 Å². The van der Waals surface area contributed by atoms with Gasteiger partial charge in [-0.1, -0.05) is 13.8 Å². The molecule has 7 heteroatoms. The molecule has 1 aromatic carbocycles. The average Bonchev–Trinajstić information content (AvgIpc) is 3.05. The lowest BCUT2D eigenvalue weighted by molar-refractivity contribution is 0.0696. The van der Waals surface area contributed by atoms with E-state index in [0.29, 0.717) is 16.6 Å². The van der Waals surface area contributed by atoms with Crippen LogP contribution in [-0.2, 0) is 17.6 Å². The molecule has 1 fully saturated rings. The zero-order chi connectivity index (χ0) is 21.3. The maximum Gasteiger partial charge on any atom is 0.339 e. The minimum atomic E-state index is -0.975. The number of fused-ring (bicyclic) bond motifs is 1. The third-order valence-corrected chi connectivity index (χ3v) is 7.16. The van der Waals surface area contributed by atoms with Crippen molar-refractivity contribution in [3.8, 4) is 0 Å². The number of benzene rings is 1. The Morgan fingerprint density at radius 2 is 1.87 bits per heavy atom. The van der Waals surface area contributed by atoms with Gasteiger partial charge in [-0.3, -0.25) is 4.79 Å². The van der Waals surface area contributed by atoms with Gasteiger partial charge in [0.05, 0.1) is 5.56 Å². The summed E-state index contributed by atoms with van der Waals surface area (Å²) in [4.78, 5) is 25.8. The van der Waals surface area contributed by atoms with Gasteiger partial charge in [0.15, 0.2) is 0 Å². The largest absolute Gasteiger partial charge is 0.478 e. The fourth-order valence-corrected chi connectivity index (χ4v) is 5.41. The van der Waals surface area contributed by atoms with E-state index in [1.54, 1.807) is 12.1 Å². The first kappa shape index (κ1) is 20.9. The topological polar surface area (TPSA) is 87.7 Å². The third-order valence-electron chi connectivity index (χ3n) is 5.95. The van der Waals surface area contributed by atoms with Gasteiger partial charge < -0.3 is 20.5 Å². The van der Waals surface area contributed by atoms with Crippen LogP contribution in [0.3, 0.4) is 0 Å². The molecule has 2 aromatic rings. The molecular weight excluding hydrogens is 400 g/mol. The fraction of sp³-hybridized carbons (Fsp3) is 0.478. The Kier molecular flexibility index (Phi) is 5.84. The molecule has 0 bridgehead atoms. The van der Waals surface area contributed by atoms with Crippen molar-refractivity contribution in [3.05, 3.63) is 45.8 Å². The van der Waals surface area contributed by atoms with Crippen LogP contribution in [0.2, 0.25) is 0 Å². The van der Waals surface area contributed by atoms with Gasteiger partial charge in [-0.2, -0.15) is 0 Å². The summed E-state index contributed by atoms with van der Waals surface area (Å²) in [5.74, 6) is -1.26. The number of nitrogens with one attached hydrogen (secondary N) is 2. The highest BCUT2D eigenvalue weighted by molar-refractivity contribution is 7.17. The van der Waals surface area contributed by atoms with Crippen LogP contribution in [0.4, 0.5) is 10.7 Å². The van der Waals surface area contributed by atoms with Crippen molar-refractivity contribution in [2.45, 2.75) is 52.0 Å². The highest BCUT2D eigenvalue weighted by Gasteiger charge is 2.33. The number of amides is 1. The maximum atomic E-state index is 12.8. The fourth-order valence-electron chi connectivity index (χ4n) is 4.20. The number of carboxylic acid groups (broad SMARTS) is 1. The third kappa shape index (κ3) is 4.52. The number of aryl methyl sites for hydroxylation is 1. The molecule has 0 unspecified atom stereocenters. The molecule has 6 nitrogen and oxygen atoms in total. The van der Waals surface area contributed by atoms with Crippen LogP contribution in [0.1, 0.15) is 64.3 Å². The Morgan fingerprint density at radius 3 is 2.53 bits per heavy atom. The standard InChI is InChI=1S/C23H28N2O4S/c1-23(2)10-7-18-17(13-23)19(22(27)28)21(30-18)25-20(26)14-3-5-15(6-4-14)24-16-8-11-29-12-9-16/h3-6,16,24H,7-13H2,1-2H3,(H,25,26)(H,27,28). The van der Waals surface area contributed by atoms with E-state index in [4.69, 9.17) is 4.74 Å². The monoisotopic (exact) mass is 428 g/mol. The molecule has 0 atom stereocenters. The smallest absolute Gasteiger partial charge is 0.339 e. The second kappa shape index (κ2) is 8.40. The lowest BCUT2D eigenvalue weighted by Gasteiger charge is -2.29. The zero-order valence-corrected chi connectivity index (χ0v) is 18.2. The van der Waals surface area contributed by atoms with Crippen LogP contribution >= 0.6 is 11.3 Å². The summed E-state index contributed by atoms with van der Waals surface area (Å²) >= 11 is 1.40. The minimum Gasteiger partial charge on any atom is -0.478 e. The second-order valence-electron chi connectivity index (χ2n) is 8.92. The van der Waals surface area contributed by atoms with Gasteiger partial charge in [0.1, 0.15) is 5.00 Å². The van der Waals surface area contributed by atoms with Crippen molar-refractivity contribution in [2.24, 2.45) is 5.41 Å². The highest BCUT2D eigenvalue weighted by Crippen LogP contribution is 2.43. The SMILES string of the molecule is CC1(C)CCc2sc(NC(=O)c3ccc(NC4CCOCC4)cc3)c(C(=O)O)c2C1. The molecule has 1 aromatic heterocycles. The predicted molar refractivity (Wildman–Crippen MR) is 119 cm³/mol.